The molecule has 1 rings (SSSR count). The van der Waals surface area contributed by atoms with Crippen molar-refractivity contribution < 1.29 is 14.3 Å². The van der Waals surface area contributed by atoms with Crippen LogP contribution in [0.5, 0.6) is 0 Å². The van der Waals surface area contributed by atoms with E-state index in [0.717, 1.165) is 0 Å². The Bertz CT molecular complexity index is 438. The summed E-state index contributed by atoms with van der Waals surface area (Å²) in [6.45, 7) is 0.730. The largest absolute Gasteiger partial charge is 0.383 e. The van der Waals surface area contributed by atoms with Gasteiger partial charge in [0.2, 0.25) is 5.91 Å². The van der Waals surface area contributed by atoms with E-state index in [9.17, 15) is 9.59 Å². The van der Waals surface area contributed by atoms with Crippen LogP contribution in [0, 0.1) is 0 Å². The predicted octanol–water partition coefficient (Wildman–Crippen LogP) is -1.14. The van der Waals surface area contributed by atoms with Gasteiger partial charge in [0.15, 0.2) is 0 Å². The average Bonchev–Trinajstić information content (AvgIpc) is 2.45. The van der Waals surface area contributed by atoms with E-state index in [4.69, 9.17) is 10.6 Å². The smallest absolute Gasteiger partial charge is 0.251 e. The Labute approximate surface area is 110 Å². The number of nitrogens with zero attached hydrogens (tertiary/aromatic N) is 1. The van der Waals surface area contributed by atoms with E-state index in [2.05, 4.69) is 21.0 Å². The van der Waals surface area contributed by atoms with E-state index < -0.39 is 0 Å². The maximum absolute atomic E-state index is 11.7. The number of carbonyl (C=O) groups excluding carboxylic acids is 2. The number of rotatable bonds is 7. The van der Waals surface area contributed by atoms with Crippen molar-refractivity contribution in [2.45, 2.75) is 0 Å². The van der Waals surface area contributed by atoms with Crippen LogP contribution in [0.3, 0.4) is 0 Å². The highest BCUT2D eigenvalue weighted by Crippen LogP contribution is 2.04. The van der Waals surface area contributed by atoms with Crippen molar-refractivity contribution in [1.82, 2.24) is 15.6 Å². The topological polar surface area (TPSA) is 118 Å². The number of hydrogen-bond acceptors (Lipinski definition) is 6. The molecule has 0 saturated heterocycles. The predicted molar refractivity (Wildman–Crippen MR) is 69.3 cm³/mol. The van der Waals surface area contributed by atoms with Crippen LogP contribution in [0.4, 0.5) is 5.82 Å². The number of hydrogen-bond donors (Lipinski definition) is 4. The molecule has 0 unspecified atom stereocenters. The first-order valence-corrected chi connectivity index (χ1v) is 5.64. The summed E-state index contributed by atoms with van der Waals surface area (Å²) in [7, 11) is 1.54. The molecule has 0 bridgehead atoms. The van der Waals surface area contributed by atoms with Crippen LogP contribution in [0.25, 0.3) is 0 Å². The molecular formula is C11H17N5O3. The second-order valence-corrected chi connectivity index (χ2v) is 3.60. The Morgan fingerprint density at radius 2 is 2.21 bits per heavy atom. The van der Waals surface area contributed by atoms with Crippen LogP contribution in [0.2, 0.25) is 0 Å². The summed E-state index contributed by atoms with van der Waals surface area (Å²) >= 11 is 0. The molecule has 5 N–H and O–H groups in total. The lowest BCUT2D eigenvalue weighted by molar-refractivity contribution is -0.120. The molecule has 0 radical (unpaired) electrons. The third kappa shape index (κ3) is 5.32. The van der Waals surface area contributed by atoms with Crippen molar-refractivity contribution >= 4 is 17.6 Å². The summed E-state index contributed by atoms with van der Waals surface area (Å²) in [6, 6.07) is 3.01. The quantitative estimate of drug-likeness (QED) is 0.282. The number of nitrogens with two attached hydrogens (primary N) is 1. The average molecular weight is 267 g/mol. The maximum Gasteiger partial charge on any atom is 0.251 e. The number of ether oxygens (including phenoxy) is 1. The molecule has 0 saturated carbocycles. The standard InChI is InChI=1S/C11H17N5O3/c1-19-5-4-14-10(17)7-15-11(18)8-2-3-13-9(6-8)16-12/h2-3,6H,4-5,7,12H2,1H3,(H,13,16)(H,14,17)(H,15,18). The SMILES string of the molecule is COCCNC(=O)CNC(=O)c1ccnc(NN)c1. The molecule has 0 fully saturated rings. The molecule has 0 aliphatic heterocycles. The highest BCUT2D eigenvalue weighted by molar-refractivity contribution is 5.96. The van der Waals surface area contributed by atoms with Gasteiger partial charge in [-0.05, 0) is 12.1 Å². The molecule has 19 heavy (non-hydrogen) atoms. The number of carbonyl (C=O) groups is 2. The molecule has 1 aromatic rings. The summed E-state index contributed by atoms with van der Waals surface area (Å²) in [4.78, 5) is 27.0. The van der Waals surface area contributed by atoms with Crippen molar-refractivity contribution in [3.05, 3.63) is 23.9 Å². The minimum atomic E-state index is -0.374. The second-order valence-electron chi connectivity index (χ2n) is 3.60. The van der Waals surface area contributed by atoms with Gasteiger partial charge in [0.1, 0.15) is 5.82 Å². The number of pyridine rings is 1. The van der Waals surface area contributed by atoms with Gasteiger partial charge in [-0.2, -0.15) is 0 Å². The highest BCUT2D eigenvalue weighted by Gasteiger charge is 2.08. The normalized spacial score (nSPS) is 9.79. The van der Waals surface area contributed by atoms with E-state index in [1.54, 1.807) is 7.11 Å². The first-order valence-electron chi connectivity index (χ1n) is 5.64. The van der Waals surface area contributed by atoms with Crippen molar-refractivity contribution in [2.24, 2.45) is 5.84 Å². The van der Waals surface area contributed by atoms with Crippen LogP contribution >= 0.6 is 0 Å². The zero-order valence-electron chi connectivity index (χ0n) is 10.6. The number of anilines is 1. The summed E-state index contributed by atoms with van der Waals surface area (Å²) in [5.41, 5.74) is 2.71. The zero-order valence-corrected chi connectivity index (χ0v) is 10.6. The van der Waals surface area contributed by atoms with E-state index in [1.165, 1.54) is 18.3 Å². The highest BCUT2D eigenvalue weighted by atomic mass is 16.5. The fraction of sp³-hybridized carbons (Fsp3) is 0.364. The fourth-order valence-corrected chi connectivity index (χ4v) is 1.27. The zero-order chi connectivity index (χ0) is 14.1. The number of aromatic nitrogens is 1. The number of methoxy groups -OCH3 is 1. The Hall–Kier alpha value is -2.19. The van der Waals surface area contributed by atoms with Crippen LogP contribution in [0.1, 0.15) is 10.4 Å². The van der Waals surface area contributed by atoms with E-state index in [-0.39, 0.29) is 18.4 Å². The van der Waals surface area contributed by atoms with Gasteiger partial charge in [0, 0.05) is 25.4 Å². The van der Waals surface area contributed by atoms with Crippen LogP contribution in [0.15, 0.2) is 18.3 Å². The second kappa shape index (κ2) is 8.01. The van der Waals surface area contributed by atoms with Crippen LogP contribution in [-0.2, 0) is 9.53 Å². The molecule has 0 aliphatic rings. The molecule has 0 aromatic carbocycles. The van der Waals surface area contributed by atoms with Crippen molar-refractivity contribution in [3.63, 3.8) is 0 Å². The van der Waals surface area contributed by atoms with Gasteiger partial charge in [-0.3, -0.25) is 9.59 Å². The van der Waals surface area contributed by atoms with Gasteiger partial charge >= 0.3 is 0 Å². The molecule has 104 valence electrons. The maximum atomic E-state index is 11.7. The van der Waals surface area contributed by atoms with Crippen LogP contribution in [-0.4, -0.2) is 43.6 Å². The number of hydrazine groups is 1. The summed E-state index contributed by atoms with van der Waals surface area (Å²) in [5.74, 6) is 4.91. The number of nitrogens with one attached hydrogen (secondary N) is 3. The minimum absolute atomic E-state index is 0.101. The van der Waals surface area contributed by atoms with Gasteiger partial charge in [-0.25, -0.2) is 10.8 Å². The lowest BCUT2D eigenvalue weighted by Gasteiger charge is -2.07. The van der Waals surface area contributed by atoms with E-state index in [0.29, 0.717) is 24.5 Å². The molecule has 2 amide bonds. The fourth-order valence-electron chi connectivity index (χ4n) is 1.27. The number of nitrogen functional groups attached to an aromatic ring is 1. The van der Waals surface area contributed by atoms with Crippen molar-refractivity contribution in [2.75, 3.05) is 32.2 Å². The summed E-state index contributed by atoms with van der Waals surface area (Å²) in [5, 5.41) is 5.08. The lowest BCUT2D eigenvalue weighted by Crippen LogP contribution is -2.38. The summed E-state index contributed by atoms with van der Waals surface area (Å²) < 4.78 is 4.78. The van der Waals surface area contributed by atoms with Crippen molar-refractivity contribution in [1.29, 1.82) is 0 Å². The van der Waals surface area contributed by atoms with Gasteiger partial charge in [-0.15, -0.1) is 0 Å². The molecule has 1 heterocycles. The Morgan fingerprint density at radius 1 is 1.42 bits per heavy atom. The Kier molecular flexibility index (Phi) is 6.27. The van der Waals surface area contributed by atoms with Gasteiger partial charge in [0.25, 0.3) is 5.91 Å². The van der Waals surface area contributed by atoms with Crippen LogP contribution < -0.4 is 21.9 Å². The lowest BCUT2D eigenvalue weighted by atomic mass is 10.2. The van der Waals surface area contributed by atoms with Gasteiger partial charge < -0.3 is 20.8 Å². The minimum Gasteiger partial charge on any atom is -0.383 e. The molecule has 0 aliphatic carbocycles. The van der Waals surface area contributed by atoms with E-state index in [1.807, 2.05) is 0 Å². The first-order chi connectivity index (χ1) is 9.17. The number of amides is 2. The molecule has 0 atom stereocenters. The molecular weight excluding hydrogens is 250 g/mol. The monoisotopic (exact) mass is 267 g/mol. The van der Waals surface area contributed by atoms with Crippen molar-refractivity contribution in [3.8, 4) is 0 Å². The first kappa shape index (κ1) is 14.9. The third-order valence-corrected chi connectivity index (χ3v) is 2.21. The van der Waals surface area contributed by atoms with Gasteiger partial charge in [-0.1, -0.05) is 0 Å². The molecule has 1 aromatic heterocycles. The van der Waals surface area contributed by atoms with Gasteiger partial charge in [0.05, 0.1) is 13.2 Å². The van der Waals surface area contributed by atoms with E-state index >= 15 is 0 Å². The Morgan fingerprint density at radius 3 is 2.89 bits per heavy atom. The Balaban J connectivity index is 2.40. The third-order valence-electron chi connectivity index (χ3n) is 2.21. The summed E-state index contributed by atoms with van der Waals surface area (Å²) in [6.07, 6.45) is 1.45. The molecule has 8 nitrogen and oxygen atoms in total. The molecule has 8 heteroatoms. The molecule has 0 spiro atoms.